The van der Waals surface area contributed by atoms with Crippen LogP contribution >= 0.6 is 0 Å². The Labute approximate surface area is 103 Å². The number of hydrogen-bond acceptors (Lipinski definition) is 5. The number of nitrogens with zero attached hydrogens (tertiary/aromatic N) is 3. The van der Waals surface area contributed by atoms with Crippen LogP contribution in [0.15, 0.2) is 10.7 Å². The Morgan fingerprint density at radius 2 is 2.33 bits per heavy atom. The van der Waals surface area contributed by atoms with Crippen LogP contribution in [0.1, 0.15) is 40.3 Å². The van der Waals surface area contributed by atoms with E-state index in [1.165, 1.54) is 0 Å². The van der Waals surface area contributed by atoms with Crippen molar-refractivity contribution in [3.63, 3.8) is 0 Å². The second-order valence-electron chi connectivity index (χ2n) is 4.29. The van der Waals surface area contributed by atoms with Crippen molar-refractivity contribution in [2.75, 3.05) is 0 Å². The molecule has 1 amide bonds. The molecule has 0 saturated heterocycles. The Balaban J connectivity index is 1.70. The van der Waals surface area contributed by atoms with Gasteiger partial charge in [0.1, 0.15) is 0 Å². The summed E-state index contributed by atoms with van der Waals surface area (Å²) in [6.07, 6.45) is 5.87. The van der Waals surface area contributed by atoms with E-state index < -0.39 is 0 Å². The van der Waals surface area contributed by atoms with E-state index in [-0.39, 0.29) is 12.5 Å². The molecule has 0 radical (unpaired) electrons. The van der Waals surface area contributed by atoms with Crippen LogP contribution in [0.5, 0.6) is 0 Å². The summed E-state index contributed by atoms with van der Waals surface area (Å²) in [7, 11) is 0. The Hall–Kier alpha value is -2.18. The predicted molar refractivity (Wildman–Crippen MR) is 60.7 cm³/mol. The molecule has 94 valence electrons. The number of fused-ring (bicyclic) bond motifs is 1. The number of tetrazole rings is 1. The van der Waals surface area contributed by atoms with Crippen molar-refractivity contribution in [1.82, 2.24) is 25.9 Å². The molecule has 0 atom stereocenters. The maximum atomic E-state index is 12.0. The smallest absolute Gasteiger partial charge is 0.287 e. The van der Waals surface area contributed by atoms with E-state index in [1.807, 2.05) is 0 Å². The maximum Gasteiger partial charge on any atom is 0.287 e. The molecule has 0 bridgehead atoms. The standard InChI is InChI=1S/C11H13N5O2/c17-11(12-5-9-13-15-16-14-9)10-8-4-2-1-3-7(8)6-18-10/h6H,1-5H2,(H,12,17)(H,13,14,15,16). The monoisotopic (exact) mass is 247 g/mol. The van der Waals surface area contributed by atoms with E-state index in [4.69, 9.17) is 4.42 Å². The van der Waals surface area contributed by atoms with Crippen molar-refractivity contribution in [3.8, 4) is 0 Å². The number of H-pyrrole nitrogens is 1. The first-order valence-electron chi connectivity index (χ1n) is 5.94. The van der Waals surface area contributed by atoms with E-state index in [2.05, 4.69) is 25.9 Å². The van der Waals surface area contributed by atoms with Crippen LogP contribution in [-0.2, 0) is 19.4 Å². The van der Waals surface area contributed by atoms with Gasteiger partial charge in [0, 0.05) is 5.56 Å². The highest BCUT2D eigenvalue weighted by atomic mass is 16.3. The zero-order valence-corrected chi connectivity index (χ0v) is 9.77. The molecule has 7 nitrogen and oxygen atoms in total. The number of carbonyl (C=O) groups excluding carboxylic acids is 1. The Morgan fingerprint density at radius 1 is 1.44 bits per heavy atom. The van der Waals surface area contributed by atoms with Gasteiger partial charge in [-0.1, -0.05) is 5.21 Å². The van der Waals surface area contributed by atoms with Gasteiger partial charge in [0.15, 0.2) is 11.6 Å². The van der Waals surface area contributed by atoms with Gasteiger partial charge in [0.25, 0.3) is 5.91 Å². The molecular weight excluding hydrogens is 234 g/mol. The quantitative estimate of drug-likeness (QED) is 0.827. The predicted octanol–water partition coefficient (Wildman–Crippen LogP) is 0.601. The number of aryl methyl sites for hydroxylation is 1. The number of hydrogen-bond donors (Lipinski definition) is 2. The van der Waals surface area contributed by atoms with E-state index in [9.17, 15) is 4.79 Å². The normalized spacial score (nSPS) is 14.2. The van der Waals surface area contributed by atoms with Crippen LogP contribution in [-0.4, -0.2) is 26.5 Å². The fourth-order valence-corrected chi connectivity index (χ4v) is 2.21. The summed E-state index contributed by atoms with van der Waals surface area (Å²) >= 11 is 0. The molecule has 1 aliphatic rings. The first-order valence-corrected chi connectivity index (χ1v) is 5.94. The van der Waals surface area contributed by atoms with Crippen LogP contribution in [0.25, 0.3) is 0 Å². The van der Waals surface area contributed by atoms with Crippen LogP contribution < -0.4 is 5.32 Å². The van der Waals surface area contributed by atoms with Gasteiger partial charge in [-0.3, -0.25) is 4.79 Å². The zero-order valence-electron chi connectivity index (χ0n) is 9.77. The minimum Gasteiger partial charge on any atom is -0.459 e. The number of aromatic nitrogens is 4. The molecule has 2 aromatic heterocycles. The van der Waals surface area contributed by atoms with Gasteiger partial charge in [0.2, 0.25) is 0 Å². The number of carbonyl (C=O) groups is 1. The average molecular weight is 247 g/mol. The number of aromatic amines is 1. The number of rotatable bonds is 3. The average Bonchev–Trinajstić information content (AvgIpc) is 3.05. The first kappa shape index (κ1) is 10.9. The maximum absolute atomic E-state index is 12.0. The highest BCUT2D eigenvalue weighted by Gasteiger charge is 2.22. The zero-order chi connectivity index (χ0) is 12.4. The molecule has 0 fully saturated rings. The van der Waals surface area contributed by atoms with Gasteiger partial charge in [0.05, 0.1) is 12.8 Å². The van der Waals surface area contributed by atoms with Crippen LogP contribution in [0.4, 0.5) is 0 Å². The van der Waals surface area contributed by atoms with Crippen LogP contribution in [0.2, 0.25) is 0 Å². The molecule has 2 heterocycles. The third kappa shape index (κ3) is 1.99. The first-order chi connectivity index (χ1) is 8.84. The third-order valence-electron chi connectivity index (χ3n) is 3.11. The third-order valence-corrected chi connectivity index (χ3v) is 3.11. The molecule has 2 aromatic rings. The highest BCUT2D eigenvalue weighted by molar-refractivity contribution is 5.93. The highest BCUT2D eigenvalue weighted by Crippen LogP contribution is 2.26. The lowest BCUT2D eigenvalue weighted by Gasteiger charge is -2.10. The lowest BCUT2D eigenvalue weighted by molar-refractivity contribution is 0.0920. The number of furan rings is 1. The fourth-order valence-electron chi connectivity index (χ4n) is 2.21. The molecule has 0 saturated carbocycles. The van der Waals surface area contributed by atoms with E-state index in [0.29, 0.717) is 11.6 Å². The van der Waals surface area contributed by atoms with Gasteiger partial charge in [-0.15, -0.1) is 10.2 Å². The molecule has 2 N–H and O–H groups in total. The van der Waals surface area contributed by atoms with E-state index in [0.717, 1.165) is 36.8 Å². The molecule has 1 aliphatic carbocycles. The summed E-state index contributed by atoms with van der Waals surface area (Å²) in [5.74, 6) is 0.653. The molecule has 7 heteroatoms. The van der Waals surface area contributed by atoms with Crippen molar-refractivity contribution >= 4 is 5.91 Å². The molecule has 0 aliphatic heterocycles. The van der Waals surface area contributed by atoms with Gasteiger partial charge in [-0.05, 0) is 31.2 Å². The van der Waals surface area contributed by atoms with Gasteiger partial charge in [-0.25, -0.2) is 0 Å². The summed E-state index contributed by atoms with van der Waals surface area (Å²) in [6, 6.07) is 0. The van der Waals surface area contributed by atoms with Gasteiger partial charge < -0.3 is 9.73 Å². The lowest BCUT2D eigenvalue weighted by atomic mass is 9.94. The van der Waals surface area contributed by atoms with Crippen LogP contribution in [0.3, 0.4) is 0 Å². The van der Waals surface area contributed by atoms with Gasteiger partial charge in [-0.2, -0.15) is 5.21 Å². The summed E-state index contributed by atoms with van der Waals surface area (Å²) in [5.41, 5.74) is 2.21. The Kier molecular flexibility index (Phi) is 2.79. The second kappa shape index (κ2) is 4.59. The molecule has 0 aromatic carbocycles. The fraction of sp³-hybridized carbons (Fsp3) is 0.455. The summed E-state index contributed by atoms with van der Waals surface area (Å²) < 4.78 is 5.37. The Bertz CT molecular complexity index is 546. The molecule has 3 rings (SSSR count). The van der Waals surface area contributed by atoms with Crippen molar-refractivity contribution in [1.29, 1.82) is 0 Å². The number of nitrogens with one attached hydrogen (secondary N) is 2. The van der Waals surface area contributed by atoms with Crippen molar-refractivity contribution in [2.45, 2.75) is 32.2 Å². The summed E-state index contributed by atoms with van der Waals surface area (Å²) in [6.45, 7) is 0.241. The van der Waals surface area contributed by atoms with Crippen molar-refractivity contribution in [3.05, 3.63) is 29.0 Å². The molecule has 0 spiro atoms. The Morgan fingerprint density at radius 3 is 3.17 bits per heavy atom. The van der Waals surface area contributed by atoms with Crippen molar-refractivity contribution in [2.24, 2.45) is 0 Å². The molecular formula is C11H13N5O2. The number of amides is 1. The second-order valence-corrected chi connectivity index (χ2v) is 4.29. The van der Waals surface area contributed by atoms with Gasteiger partial charge >= 0.3 is 0 Å². The summed E-state index contributed by atoms with van der Waals surface area (Å²) in [4.78, 5) is 12.0. The lowest BCUT2D eigenvalue weighted by Crippen LogP contribution is -2.24. The minimum atomic E-state index is -0.219. The SMILES string of the molecule is O=C(NCc1nn[nH]n1)c1occ2c1CCCC2. The largest absolute Gasteiger partial charge is 0.459 e. The topological polar surface area (TPSA) is 96.7 Å². The summed E-state index contributed by atoms with van der Waals surface area (Å²) in [5, 5.41) is 16.0. The van der Waals surface area contributed by atoms with Crippen LogP contribution in [0, 0.1) is 0 Å². The van der Waals surface area contributed by atoms with Crippen molar-refractivity contribution < 1.29 is 9.21 Å². The van der Waals surface area contributed by atoms with E-state index >= 15 is 0 Å². The molecule has 18 heavy (non-hydrogen) atoms. The molecule has 0 unspecified atom stereocenters. The van der Waals surface area contributed by atoms with E-state index in [1.54, 1.807) is 6.26 Å². The minimum absolute atomic E-state index is 0.219.